The molecule has 0 fully saturated rings. The molecule has 1 unspecified atom stereocenters. The van der Waals surface area contributed by atoms with Crippen molar-refractivity contribution in [3.63, 3.8) is 0 Å². The van der Waals surface area contributed by atoms with Crippen LogP contribution in [0.15, 0.2) is 18.2 Å². The number of anilines is 2. The van der Waals surface area contributed by atoms with Crippen LogP contribution in [0.5, 0.6) is 0 Å². The van der Waals surface area contributed by atoms with Gasteiger partial charge in [0.2, 0.25) is 0 Å². The lowest BCUT2D eigenvalue weighted by molar-refractivity contribution is 0.101. The number of benzene rings is 1. The molecule has 0 saturated heterocycles. The smallest absolute Gasteiger partial charge is 0.161 e. The largest absolute Gasteiger partial charge is 0.398 e. The first-order valence-corrected chi connectivity index (χ1v) is 5.72. The van der Waals surface area contributed by atoms with Gasteiger partial charge in [-0.25, -0.2) is 0 Å². The molecule has 0 amide bonds. The zero-order valence-corrected chi connectivity index (χ0v) is 10.9. The van der Waals surface area contributed by atoms with Gasteiger partial charge in [-0.15, -0.1) is 0 Å². The third-order valence-electron chi connectivity index (χ3n) is 2.91. The molecule has 1 atom stereocenters. The molecule has 4 nitrogen and oxygen atoms in total. The topological polar surface area (TPSA) is 58.4 Å². The van der Waals surface area contributed by atoms with E-state index in [1.165, 1.54) is 6.92 Å². The zero-order chi connectivity index (χ0) is 13.0. The highest BCUT2D eigenvalue weighted by atomic mass is 16.1. The van der Waals surface area contributed by atoms with E-state index in [-0.39, 0.29) is 5.78 Å². The summed E-state index contributed by atoms with van der Waals surface area (Å²) in [5.74, 6) is -0.00397. The lowest BCUT2D eigenvalue weighted by atomic mass is 10.1. The minimum absolute atomic E-state index is 0.00397. The van der Waals surface area contributed by atoms with E-state index in [0.29, 0.717) is 17.3 Å². The highest BCUT2D eigenvalue weighted by molar-refractivity contribution is 5.99. The number of nitrogens with zero attached hydrogens (tertiary/aromatic N) is 1. The molecular formula is C13H21N3O. The number of nitrogens with one attached hydrogen (secondary N) is 1. The number of Topliss-reactive ketones (excluding diaryl/α,β-unsaturated/α-hetero) is 1. The number of ketones is 1. The van der Waals surface area contributed by atoms with E-state index in [1.807, 2.05) is 20.2 Å². The first kappa shape index (κ1) is 13.5. The second kappa shape index (κ2) is 5.68. The minimum Gasteiger partial charge on any atom is -0.398 e. The Kier molecular flexibility index (Phi) is 4.52. The van der Waals surface area contributed by atoms with Crippen molar-refractivity contribution in [2.45, 2.75) is 19.9 Å². The van der Waals surface area contributed by atoms with Gasteiger partial charge in [-0.2, -0.15) is 0 Å². The third-order valence-corrected chi connectivity index (χ3v) is 2.91. The van der Waals surface area contributed by atoms with Gasteiger partial charge >= 0.3 is 0 Å². The number of likely N-dealkylation sites (N-methyl/N-ethyl adjacent to an activating group) is 1. The highest BCUT2D eigenvalue weighted by Gasteiger charge is 2.07. The molecule has 0 bridgehead atoms. The Morgan fingerprint density at radius 1 is 1.47 bits per heavy atom. The van der Waals surface area contributed by atoms with E-state index < -0.39 is 0 Å². The number of rotatable bonds is 5. The molecule has 0 aromatic heterocycles. The first-order valence-electron chi connectivity index (χ1n) is 5.72. The van der Waals surface area contributed by atoms with Gasteiger partial charge in [-0.3, -0.25) is 4.79 Å². The fraction of sp³-hybridized carbons (Fsp3) is 0.462. The van der Waals surface area contributed by atoms with Crippen molar-refractivity contribution in [3.8, 4) is 0 Å². The Hall–Kier alpha value is -1.55. The maximum Gasteiger partial charge on any atom is 0.161 e. The Bertz CT molecular complexity index is 402. The predicted octanol–water partition coefficient (Wildman–Crippen LogP) is 1.83. The fourth-order valence-electron chi connectivity index (χ4n) is 1.44. The van der Waals surface area contributed by atoms with E-state index in [2.05, 4.69) is 17.1 Å². The molecule has 1 aromatic rings. The summed E-state index contributed by atoms with van der Waals surface area (Å²) in [6.45, 7) is 4.50. The van der Waals surface area contributed by atoms with Gasteiger partial charge in [-0.05, 0) is 46.1 Å². The maximum atomic E-state index is 11.2. The standard InChI is InChI=1S/C13H21N3O/c1-9(16(3)4)8-15-11-5-6-12(10(2)17)13(14)7-11/h5-7,9,15H,8,14H2,1-4H3. The highest BCUT2D eigenvalue weighted by Crippen LogP contribution is 2.18. The number of nitrogens with two attached hydrogens (primary N) is 1. The fourth-order valence-corrected chi connectivity index (χ4v) is 1.44. The summed E-state index contributed by atoms with van der Waals surface area (Å²) in [7, 11) is 4.08. The van der Waals surface area contributed by atoms with E-state index in [1.54, 1.807) is 12.1 Å². The van der Waals surface area contributed by atoms with Gasteiger partial charge in [-0.1, -0.05) is 0 Å². The molecule has 0 heterocycles. The predicted molar refractivity (Wildman–Crippen MR) is 72.5 cm³/mol. The first-order chi connectivity index (χ1) is 7.91. The van der Waals surface area contributed by atoms with Crippen molar-refractivity contribution >= 4 is 17.2 Å². The number of carbonyl (C=O) groups excluding carboxylic acids is 1. The van der Waals surface area contributed by atoms with Crippen LogP contribution in [0.3, 0.4) is 0 Å². The summed E-state index contributed by atoms with van der Waals surface area (Å²) < 4.78 is 0. The van der Waals surface area contributed by atoms with E-state index in [0.717, 1.165) is 12.2 Å². The second-order valence-corrected chi connectivity index (χ2v) is 4.55. The van der Waals surface area contributed by atoms with Crippen LogP contribution < -0.4 is 11.1 Å². The lowest BCUT2D eigenvalue weighted by Crippen LogP contribution is -2.31. The number of hydrogen-bond acceptors (Lipinski definition) is 4. The van der Waals surface area contributed by atoms with Gasteiger partial charge in [0, 0.05) is 29.5 Å². The van der Waals surface area contributed by atoms with E-state index in [4.69, 9.17) is 5.73 Å². The van der Waals surface area contributed by atoms with Crippen LogP contribution in [0.4, 0.5) is 11.4 Å². The summed E-state index contributed by atoms with van der Waals surface area (Å²) in [5.41, 5.74) is 7.87. The average Bonchev–Trinajstić information content (AvgIpc) is 2.25. The molecule has 0 radical (unpaired) electrons. The SMILES string of the molecule is CC(=O)c1ccc(NCC(C)N(C)C)cc1N. The Morgan fingerprint density at radius 2 is 2.12 bits per heavy atom. The second-order valence-electron chi connectivity index (χ2n) is 4.55. The Balaban J connectivity index is 2.68. The van der Waals surface area contributed by atoms with Crippen LogP contribution in [0.25, 0.3) is 0 Å². The van der Waals surface area contributed by atoms with Crippen molar-refractivity contribution in [1.29, 1.82) is 0 Å². The van der Waals surface area contributed by atoms with Gasteiger partial charge in [0.05, 0.1) is 0 Å². The quantitative estimate of drug-likeness (QED) is 0.604. The number of carbonyl (C=O) groups is 1. The summed E-state index contributed by atoms with van der Waals surface area (Å²) >= 11 is 0. The Labute approximate surface area is 103 Å². The molecule has 17 heavy (non-hydrogen) atoms. The van der Waals surface area contributed by atoms with Crippen molar-refractivity contribution in [1.82, 2.24) is 4.90 Å². The van der Waals surface area contributed by atoms with Crippen molar-refractivity contribution in [2.75, 3.05) is 31.7 Å². The van der Waals surface area contributed by atoms with E-state index in [9.17, 15) is 4.79 Å². The average molecular weight is 235 g/mol. The van der Waals surface area contributed by atoms with Gasteiger partial charge in [0.1, 0.15) is 0 Å². The summed E-state index contributed by atoms with van der Waals surface area (Å²) in [6.07, 6.45) is 0. The van der Waals surface area contributed by atoms with Crippen LogP contribution in [0.1, 0.15) is 24.2 Å². The normalized spacial score (nSPS) is 12.5. The van der Waals surface area contributed by atoms with Gasteiger partial charge < -0.3 is 16.0 Å². The van der Waals surface area contributed by atoms with E-state index >= 15 is 0 Å². The van der Waals surface area contributed by atoms with Crippen LogP contribution in [-0.4, -0.2) is 37.4 Å². The monoisotopic (exact) mass is 235 g/mol. The van der Waals surface area contributed by atoms with Crippen molar-refractivity contribution in [2.24, 2.45) is 0 Å². The number of hydrogen-bond donors (Lipinski definition) is 2. The maximum absolute atomic E-state index is 11.2. The van der Waals surface area contributed by atoms with Gasteiger partial charge in [0.15, 0.2) is 5.78 Å². The minimum atomic E-state index is -0.00397. The summed E-state index contributed by atoms with van der Waals surface area (Å²) in [4.78, 5) is 13.4. The molecule has 94 valence electrons. The van der Waals surface area contributed by atoms with Crippen LogP contribution >= 0.6 is 0 Å². The Morgan fingerprint density at radius 3 is 2.59 bits per heavy atom. The van der Waals surface area contributed by atoms with Crippen molar-refractivity contribution < 1.29 is 4.79 Å². The number of nitrogen functional groups attached to an aromatic ring is 1. The molecule has 0 aliphatic heterocycles. The molecule has 1 rings (SSSR count). The molecule has 3 N–H and O–H groups in total. The van der Waals surface area contributed by atoms with Crippen LogP contribution in [-0.2, 0) is 0 Å². The molecule has 0 saturated carbocycles. The lowest BCUT2D eigenvalue weighted by Gasteiger charge is -2.20. The molecule has 0 spiro atoms. The molecular weight excluding hydrogens is 214 g/mol. The molecule has 1 aromatic carbocycles. The molecule has 0 aliphatic rings. The van der Waals surface area contributed by atoms with Crippen LogP contribution in [0, 0.1) is 0 Å². The molecule has 4 heteroatoms. The van der Waals surface area contributed by atoms with Gasteiger partial charge in [0.25, 0.3) is 0 Å². The summed E-state index contributed by atoms with van der Waals surface area (Å²) in [6, 6.07) is 5.89. The zero-order valence-electron chi connectivity index (χ0n) is 10.9. The third kappa shape index (κ3) is 3.75. The molecule has 0 aliphatic carbocycles. The van der Waals surface area contributed by atoms with Crippen molar-refractivity contribution in [3.05, 3.63) is 23.8 Å². The van der Waals surface area contributed by atoms with Crippen LogP contribution in [0.2, 0.25) is 0 Å². The summed E-state index contributed by atoms with van der Waals surface area (Å²) in [5, 5.41) is 3.30.